The summed E-state index contributed by atoms with van der Waals surface area (Å²) >= 11 is 0. The Balaban J connectivity index is 0.000000520. The summed E-state index contributed by atoms with van der Waals surface area (Å²) in [6, 6.07) is 16.6. The Morgan fingerprint density at radius 2 is 1.67 bits per heavy atom. The lowest BCUT2D eigenvalue weighted by Gasteiger charge is -2.38. The van der Waals surface area contributed by atoms with Gasteiger partial charge in [0.15, 0.2) is 0 Å². The second-order valence-electron chi connectivity index (χ2n) is 10.5. The van der Waals surface area contributed by atoms with E-state index in [1.54, 1.807) is 18.7 Å². The van der Waals surface area contributed by atoms with Gasteiger partial charge in [0.25, 0.3) is 0 Å². The fourth-order valence-corrected chi connectivity index (χ4v) is 5.12. The Hall–Kier alpha value is -3.39. The molecule has 1 aliphatic heterocycles. The molecule has 212 valence electrons. The third-order valence-electron chi connectivity index (χ3n) is 7.40. The van der Waals surface area contributed by atoms with Crippen LogP contribution in [0.2, 0.25) is 0 Å². The topological polar surface area (TPSA) is 113 Å². The van der Waals surface area contributed by atoms with E-state index >= 15 is 0 Å². The molecule has 1 saturated carbocycles. The number of carboxylic acid groups (broad SMARTS) is 1. The van der Waals surface area contributed by atoms with E-state index in [9.17, 15) is 19.5 Å². The third-order valence-corrected chi connectivity index (χ3v) is 7.40. The van der Waals surface area contributed by atoms with Gasteiger partial charge in [-0.25, -0.2) is 9.59 Å². The molecule has 39 heavy (non-hydrogen) atoms. The van der Waals surface area contributed by atoms with Gasteiger partial charge < -0.3 is 25.4 Å². The molecule has 8 heteroatoms. The smallest absolute Gasteiger partial charge is 0.326 e. The van der Waals surface area contributed by atoms with Crippen molar-refractivity contribution in [1.29, 1.82) is 0 Å². The molecular formula is C31H43N3O5. The number of fused-ring (bicyclic) bond motifs is 1. The Labute approximate surface area is 232 Å². The highest BCUT2D eigenvalue weighted by Crippen LogP contribution is 2.25. The number of rotatable bonds is 8. The first-order valence-electron chi connectivity index (χ1n) is 14.1. The summed E-state index contributed by atoms with van der Waals surface area (Å²) in [5.41, 5.74) is 8.59. The molecule has 1 heterocycles. The minimum absolute atomic E-state index is 0.162. The molecule has 0 radical (unpaired) electrons. The number of esters is 1. The maximum atomic E-state index is 13.6. The summed E-state index contributed by atoms with van der Waals surface area (Å²) in [6.45, 7) is 4.49. The van der Waals surface area contributed by atoms with Crippen LogP contribution in [0.4, 0.5) is 4.79 Å². The number of benzene rings is 2. The van der Waals surface area contributed by atoms with E-state index in [4.69, 9.17) is 10.5 Å². The molecule has 2 amide bonds. The van der Waals surface area contributed by atoms with Crippen LogP contribution in [-0.2, 0) is 33.7 Å². The molecule has 2 atom stereocenters. The number of carboxylic acids is 1. The Morgan fingerprint density at radius 3 is 2.26 bits per heavy atom. The summed E-state index contributed by atoms with van der Waals surface area (Å²) in [5, 5.41) is 9.83. The summed E-state index contributed by atoms with van der Waals surface area (Å²) in [5.74, 6) is -1.92. The summed E-state index contributed by atoms with van der Waals surface area (Å²) in [7, 11) is 0. The Morgan fingerprint density at radius 1 is 1.03 bits per heavy atom. The number of hydrogen-bond donors (Lipinski definition) is 2. The highest BCUT2D eigenvalue weighted by molar-refractivity contribution is 5.84. The van der Waals surface area contributed by atoms with Crippen molar-refractivity contribution >= 4 is 18.0 Å². The van der Waals surface area contributed by atoms with Crippen LogP contribution in [0.25, 0.3) is 0 Å². The number of aliphatic carboxylic acids is 1. The highest BCUT2D eigenvalue weighted by atomic mass is 16.5. The first-order valence-corrected chi connectivity index (χ1v) is 14.1. The lowest BCUT2D eigenvalue weighted by atomic mass is 9.94. The number of amides is 2. The van der Waals surface area contributed by atoms with Crippen LogP contribution in [0, 0.1) is 5.92 Å². The standard InChI is InChI=1S/C25H30N2O5.C6H13N/c1-3-32-24(30)18(2)16-26(14-13-19-9-5-4-6-10-19)25(31)27-17-21-12-8-7-11-20(21)15-22(27)23(28)29;7-6-4-2-1-3-5-6/h4-12,18,22H,3,13-17H2,1-2H3,(H,28,29);6H,1-5,7H2/t18?,22-;/m0./s1. The van der Waals surface area contributed by atoms with Crippen molar-refractivity contribution in [2.24, 2.45) is 11.7 Å². The second kappa shape index (κ2) is 15.3. The quantitative estimate of drug-likeness (QED) is 0.475. The van der Waals surface area contributed by atoms with E-state index in [0.29, 0.717) is 19.0 Å². The predicted molar refractivity (Wildman–Crippen MR) is 151 cm³/mol. The van der Waals surface area contributed by atoms with Crippen LogP contribution in [0.3, 0.4) is 0 Å². The van der Waals surface area contributed by atoms with Gasteiger partial charge in [-0.05, 0) is 42.9 Å². The molecule has 4 rings (SSSR count). The van der Waals surface area contributed by atoms with Crippen molar-refractivity contribution in [3.05, 3.63) is 71.3 Å². The normalized spacial score (nSPS) is 17.7. The molecule has 1 fully saturated rings. The number of carbonyl (C=O) groups excluding carboxylic acids is 2. The maximum Gasteiger partial charge on any atom is 0.326 e. The van der Waals surface area contributed by atoms with E-state index in [1.165, 1.54) is 37.0 Å². The van der Waals surface area contributed by atoms with Crippen molar-refractivity contribution in [2.45, 2.75) is 77.4 Å². The number of urea groups is 1. The van der Waals surface area contributed by atoms with Gasteiger partial charge in [-0.2, -0.15) is 0 Å². The minimum Gasteiger partial charge on any atom is -0.480 e. The number of ether oxygens (including phenoxy) is 1. The molecule has 0 saturated heterocycles. The zero-order valence-electron chi connectivity index (χ0n) is 23.3. The van der Waals surface area contributed by atoms with Crippen LogP contribution in [-0.4, -0.2) is 64.7 Å². The van der Waals surface area contributed by atoms with Gasteiger partial charge in [0.2, 0.25) is 0 Å². The fourth-order valence-electron chi connectivity index (χ4n) is 5.12. The van der Waals surface area contributed by atoms with E-state index in [1.807, 2.05) is 54.6 Å². The van der Waals surface area contributed by atoms with Crippen molar-refractivity contribution in [3.8, 4) is 0 Å². The van der Waals surface area contributed by atoms with Gasteiger partial charge in [0.05, 0.1) is 12.5 Å². The largest absolute Gasteiger partial charge is 0.480 e. The molecular weight excluding hydrogens is 494 g/mol. The second-order valence-corrected chi connectivity index (χ2v) is 10.5. The lowest BCUT2D eigenvalue weighted by molar-refractivity contribution is -0.148. The van der Waals surface area contributed by atoms with Crippen molar-refractivity contribution in [2.75, 3.05) is 19.7 Å². The number of nitrogens with two attached hydrogens (primary N) is 1. The molecule has 2 aromatic carbocycles. The van der Waals surface area contributed by atoms with E-state index in [0.717, 1.165) is 16.7 Å². The minimum atomic E-state index is -1.03. The molecule has 0 spiro atoms. The molecule has 2 aromatic rings. The number of hydrogen-bond acceptors (Lipinski definition) is 5. The molecule has 8 nitrogen and oxygen atoms in total. The van der Waals surface area contributed by atoms with Gasteiger partial charge in [0.1, 0.15) is 6.04 Å². The van der Waals surface area contributed by atoms with Gasteiger partial charge in [-0.1, -0.05) is 80.8 Å². The molecule has 3 N–H and O–H groups in total. The van der Waals surface area contributed by atoms with Crippen LogP contribution >= 0.6 is 0 Å². The van der Waals surface area contributed by atoms with E-state index in [-0.39, 0.29) is 38.1 Å². The van der Waals surface area contributed by atoms with Crippen molar-refractivity contribution in [3.63, 3.8) is 0 Å². The molecule has 2 aliphatic rings. The molecule has 0 aromatic heterocycles. The third kappa shape index (κ3) is 9.10. The van der Waals surface area contributed by atoms with Gasteiger partial charge >= 0.3 is 18.0 Å². The van der Waals surface area contributed by atoms with Crippen LogP contribution in [0.5, 0.6) is 0 Å². The highest BCUT2D eigenvalue weighted by Gasteiger charge is 2.37. The Kier molecular flexibility index (Phi) is 11.8. The Bertz CT molecular complexity index is 1070. The number of carbonyl (C=O) groups is 3. The summed E-state index contributed by atoms with van der Waals surface area (Å²) < 4.78 is 5.11. The predicted octanol–water partition coefficient (Wildman–Crippen LogP) is 4.64. The van der Waals surface area contributed by atoms with Crippen molar-refractivity contribution < 1.29 is 24.2 Å². The van der Waals surface area contributed by atoms with Gasteiger partial charge in [-0.3, -0.25) is 4.79 Å². The molecule has 0 bridgehead atoms. The average molecular weight is 538 g/mol. The zero-order valence-corrected chi connectivity index (χ0v) is 23.3. The lowest BCUT2D eigenvalue weighted by Crippen LogP contribution is -2.54. The molecule has 1 unspecified atom stereocenters. The summed E-state index contributed by atoms with van der Waals surface area (Å²) in [4.78, 5) is 40.8. The summed E-state index contributed by atoms with van der Waals surface area (Å²) in [6.07, 6.45) is 7.53. The zero-order chi connectivity index (χ0) is 28.2. The van der Waals surface area contributed by atoms with Crippen LogP contribution in [0.15, 0.2) is 54.6 Å². The van der Waals surface area contributed by atoms with Crippen LogP contribution in [0.1, 0.15) is 62.6 Å². The van der Waals surface area contributed by atoms with Crippen molar-refractivity contribution in [1.82, 2.24) is 9.80 Å². The van der Waals surface area contributed by atoms with E-state index < -0.39 is 17.9 Å². The average Bonchev–Trinajstić information content (AvgIpc) is 2.95. The first-order chi connectivity index (χ1) is 18.8. The fraction of sp³-hybridized carbons (Fsp3) is 0.516. The van der Waals surface area contributed by atoms with Gasteiger partial charge in [-0.15, -0.1) is 0 Å². The van der Waals surface area contributed by atoms with Gasteiger partial charge in [0, 0.05) is 32.1 Å². The maximum absolute atomic E-state index is 13.6. The first kappa shape index (κ1) is 30.2. The SMILES string of the molecule is CCOC(=O)C(C)CN(CCc1ccccc1)C(=O)N1Cc2ccccc2C[C@H]1C(=O)O.NC1CCCCC1. The number of nitrogens with zero attached hydrogens (tertiary/aromatic N) is 2. The molecule has 1 aliphatic carbocycles. The monoisotopic (exact) mass is 537 g/mol. The van der Waals surface area contributed by atoms with Crippen LogP contribution < -0.4 is 5.73 Å². The van der Waals surface area contributed by atoms with E-state index in [2.05, 4.69) is 0 Å².